The smallest absolute Gasteiger partial charge is 0.262 e. The largest absolute Gasteiger partial charge is 0.495 e. The van der Waals surface area contributed by atoms with Crippen LogP contribution in [0.4, 0.5) is 11.4 Å². The third kappa shape index (κ3) is 4.41. The number of fused-ring (bicyclic) bond motifs is 1. The quantitative estimate of drug-likeness (QED) is 0.594. The van der Waals surface area contributed by atoms with Crippen LogP contribution >= 0.6 is 0 Å². The molecule has 3 aromatic rings. The number of nitrogens with one attached hydrogen (secondary N) is 2. The standard InChI is InChI=1S/C24H24N2O4S/c1-16-10-13-20(25-24(27)19-12-11-17-6-5-7-18(17)14-19)15-23(16)31(28,29)26-21-8-3-4-9-22(21)30-2/h3-4,8-15,26H,5-7H2,1-2H3,(H,25,27). The van der Waals surface area contributed by atoms with Gasteiger partial charge < -0.3 is 10.1 Å². The lowest BCUT2D eigenvalue weighted by molar-refractivity contribution is 0.102. The fraction of sp³-hybridized carbons (Fsp3) is 0.208. The Morgan fingerprint density at radius 2 is 1.74 bits per heavy atom. The van der Waals surface area contributed by atoms with Crippen molar-refractivity contribution in [2.45, 2.75) is 31.1 Å². The molecular weight excluding hydrogens is 412 g/mol. The van der Waals surface area contributed by atoms with Gasteiger partial charge >= 0.3 is 0 Å². The molecule has 7 heteroatoms. The number of aryl methyl sites for hydroxylation is 3. The Balaban J connectivity index is 1.58. The van der Waals surface area contributed by atoms with E-state index in [4.69, 9.17) is 4.74 Å². The number of rotatable bonds is 6. The van der Waals surface area contributed by atoms with Crippen molar-refractivity contribution < 1.29 is 17.9 Å². The second-order valence-electron chi connectivity index (χ2n) is 7.58. The van der Waals surface area contributed by atoms with Crippen LogP contribution in [0.5, 0.6) is 5.75 Å². The van der Waals surface area contributed by atoms with Gasteiger partial charge in [-0.05, 0) is 79.3 Å². The van der Waals surface area contributed by atoms with Crippen molar-refractivity contribution in [3.8, 4) is 5.75 Å². The number of amides is 1. The molecule has 0 atom stereocenters. The number of carbonyl (C=O) groups is 1. The lowest BCUT2D eigenvalue weighted by atomic mass is 10.1. The van der Waals surface area contributed by atoms with Crippen LogP contribution in [0.3, 0.4) is 0 Å². The van der Waals surface area contributed by atoms with Gasteiger partial charge in [0.15, 0.2) is 0 Å². The van der Waals surface area contributed by atoms with E-state index in [0.717, 1.165) is 19.3 Å². The lowest BCUT2D eigenvalue weighted by Crippen LogP contribution is -2.16. The van der Waals surface area contributed by atoms with Gasteiger partial charge in [-0.1, -0.05) is 24.3 Å². The van der Waals surface area contributed by atoms with Crippen molar-refractivity contribution in [1.82, 2.24) is 0 Å². The maximum atomic E-state index is 13.0. The van der Waals surface area contributed by atoms with E-state index in [1.807, 2.05) is 18.2 Å². The van der Waals surface area contributed by atoms with Crippen LogP contribution in [0.25, 0.3) is 0 Å². The topological polar surface area (TPSA) is 84.5 Å². The first-order valence-corrected chi connectivity index (χ1v) is 11.6. The number of hydrogen-bond acceptors (Lipinski definition) is 4. The first-order chi connectivity index (χ1) is 14.9. The van der Waals surface area contributed by atoms with Crippen molar-refractivity contribution in [2.75, 3.05) is 17.1 Å². The molecule has 0 aliphatic heterocycles. The van der Waals surface area contributed by atoms with Crippen molar-refractivity contribution in [3.63, 3.8) is 0 Å². The zero-order valence-electron chi connectivity index (χ0n) is 17.4. The van der Waals surface area contributed by atoms with Gasteiger partial charge in [0.05, 0.1) is 17.7 Å². The van der Waals surface area contributed by atoms with E-state index in [1.165, 1.54) is 24.3 Å². The summed E-state index contributed by atoms with van der Waals surface area (Å²) in [6.07, 6.45) is 3.15. The summed E-state index contributed by atoms with van der Waals surface area (Å²) in [6.45, 7) is 1.71. The molecule has 31 heavy (non-hydrogen) atoms. The Morgan fingerprint density at radius 3 is 2.55 bits per heavy atom. The summed E-state index contributed by atoms with van der Waals surface area (Å²) in [5.41, 5.74) is 4.40. The zero-order valence-corrected chi connectivity index (χ0v) is 18.3. The van der Waals surface area contributed by atoms with E-state index < -0.39 is 10.0 Å². The average molecular weight is 437 g/mol. The predicted molar refractivity (Wildman–Crippen MR) is 121 cm³/mol. The molecule has 1 aliphatic carbocycles. The van der Waals surface area contributed by atoms with E-state index in [1.54, 1.807) is 43.3 Å². The Kier molecular flexibility index (Phi) is 5.69. The molecule has 0 saturated heterocycles. The molecule has 0 fully saturated rings. The van der Waals surface area contributed by atoms with Crippen LogP contribution in [0.15, 0.2) is 65.6 Å². The number of methoxy groups -OCH3 is 1. The number of benzene rings is 3. The SMILES string of the molecule is COc1ccccc1NS(=O)(=O)c1cc(NC(=O)c2ccc3c(c2)CCC3)ccc1C. The maximum Gasteiger partial charge on any atom is 0.262 e. The van der Waals surface area contributed by atoms with Gasteiger partial charge in [-0.25, -0.2) is 8.42 Å². The first kappa shape index (κ1) is 20.9. The first-order valence-electron chi connectivity index (χ1n) is 10.1. The Bertz CT molecular complexity index is 1250. The van der Waals surface area contributed by atoms with Crippen LogP contribution in [0.1, 0.15) is 33.5 Å². The maximum absolute atomic E-state index is 13.0. The fourth-order valence-electron chi connectivity index (χ4n) is 3.81. The number of sulfonamides is 1. The van der Waals surface area contributed by atoms with Crippen LogP contribution in [0, 0.1) is 6.92 Å². The van der Waals surface area contributed by atoms with Gasteiger partial charge in [-0.2, -0.15) is 0 Å². The van der Waals surface area contributed by atoms with E-state index >= 15 is 0 Å². The molecule has 0 saturated carbocycles. The van der Waals surface area contributed by atoms with Crippen molar-refractivity contribution in [1.29, 1.82) is 0 Å². The average Bonchev–Trinajstić information content (AvgIpc) is 3.23. The predicted octanol–water partition coefficient (Wildman–Crippen LogP) is 4.55. The molecule has 0 radical (unpaired) electrons. The number of anilines is 2. The highest BCUT2D eigenvalue weighted by molar-refractivity contribution is 7.92. The van der Waals surface area contributed by atoms with Gasteiger partial charge in [-0.3, -0.25) is 9.52 Å². The van der Waals surface area contributed by atoms with Crippen LogP contribution in [-0.2, 0) is 22.9 Å². The molecule has 4 rings (SSSR count). The molecule has 0 unspecified atom stereocenters. The Morgan fingerprint density at radius 1 is 0.968 bits per heavy atom. The van der Waals surface area contributed by atoms with Gasteiger partial charge in [0.1, 0.15) is 5.75 Å². The highest BCUT2D eigenvalue weighted by Crippen LogP contribution is 2.29. The second-order valence-corrected chi connectivity index (χ2v) is 9.23. The van der Waals surface area contributed by atoms with Crippen LogP contribution in [0.2, 0.25) is 0 Å². The normalized spacial score (nSPS) is 12.8. The molecule has 1 amide bonds. The van der Waals surface area contributed by atoms with E-state index in [9.17, 15) is 13.2 Å². The summed E-state index contributed by atoms with van der Waals surface area (Å²) >= 11 is 0. The summed E-state index contributed by atoms with van der Waals surface area (Å²) in [5, 5.41) is 2.82. The number of hydrogen-bond donors (Lipinski definition) is 2. The monoisotopic (exact) mass is 436 g/mol. The van der Waals surface area contributed by atoms with Crippen molar-refractivity contribution in [2.24, 2.45) is 0 Å². The summed E-state index contributed by atoms with van der Waals surface area (Å²) in [6, 6.07) is 17.4. The van der Waals surface area contributed by atoms with Gasteiger partial charge in [0, 0.05) is 11.3 Å². The summed E-state index contributed by atoms with van der Waals surface area (Å²) in [4.78, 5) is 12.8. The van der Waals surface area contributed by atoms with Gasteiger partial charge in [-0.15, -0.1) is 0 Å². The highest BCUT2D eigenvalue weighted by atomic mass is 32.2. The fourth-order valence-corrected chi connectivity index (χ4v) is 5.15. The third-order valence-corrected chi connectivity index (χ3v) is 6.96. The zero-order chi connectivity index (χ0) is 22.0. The van der Waals surface area contributed by atoms with Gasteiger partial charge in [0.25, 0.3) is 15.9 Å². The third-order valence-electron chi connectivity index (χ3n) is 5.45. The highest BCUT2D eigenvalue weighted by Gasteiger charge is 2.20. The molecule has 1 aliphatic rings. The van der Waals surface area contributed by atoms with Gasteiger partial charge in [0.2, 0.25) is 0 Å². The minimum atomic E-state index is -3.89. The molecule has 2 N–H and O–H groups in total. The molecule has 160 valence electrons. The second kappa shape index (κ2) is 8.43. The van der Waals surface area contributed by atoms with Crippen LogP contribution < -0.4 is 14.8 Å². The minimum absolute atomic E-state index is 0.0881. The van der Waals surface area contributed by atoms with Crippen molar-refractivity contribution in [3.05, 3.63) is 82.9 Å². The minimum Gasteiger partial charge on any atom is -0.495 e. The van der Waals surface area contributed by atoms with E-state index in [0.29, 0.717) is 28.3 Å². The summed E-state index contributed by atoms with van der Waals surface area (Å²) in [5.74, 6) is 0.157. The Labute approximate surface area is 182 Å². The van der Waals surface area contributed by atoms with E-state index in [2.05, 4.69) is 10.0 Å². The Hall–Kier alpha value is -3.32. The number of carbonyl (C=O) groups excluding carboxylic acids is 1. The summed E-state index contributed by atoms with van der Waals surface area (Å²) < 4.78 is 33.9. The van der Waals surface area contributed by atoms with E-state index in [-0.39, 0.29) is 10.8 Å². The molecular formula is C24H24N2O4S. The van der Waals surface area contributed by atoms with Crippen LogP contribution in [-0.4, -0.2) is 21.4 Å². The number of para-hydroxylation sites is 2. The number of ether oxygens (including phenoxy) is 1. The van der Waals surface area contributed by atoms with Crippen molar-refractivity contribution >= 4 is 27.3 Å². The molecule has 0 spiro atoms. The summed E-state index contributed by atoms with van der Waals surface area (Å²) in [7, 11) is -2.41. The molecule has 6 nitrogen and oxygen atoms in total. The molecule has 0 aromatic heterocycles. The molecule has 3 aromatic carbocycles. The molecule has 0 heterocycles. The molecule has 0 bridgehead atoms. The lowest BCUT2D eigenvalue weighted by Gasteiger charge is -2.14.